The van der Waals surface area contributed by atoms with Crippen LogP contribution in [-0.4, -0.2) is 12.6 Å². The van der Waals surface area contributed by atoms with Gasteiger partial charge in [-0.05, 0) is 55.7 Å². The van der Waals surface area contributed by atoms with E-state index < -0.39 is 0 Å². The number of fused-ring (bicyclic) bond motifs is 2. The third kappa shape index (κ3) is 1.75. The Balaban J connectivity index is 1.68. The SMILES string of the molecule is c1c2c(cc3c1OCC3NC1CC1)CCCC2. The maximum absolute atomic E-state index is 5.84. The molecule has 1 unspecified atom stereocenters. The molecule has 0 radical (unpaired) electrons. The Bertz CT molecular complexity index is 450. The highest BCUT2D eigenvalue weighted by atomic mass is 16.5. The summed E-state index contributed by atoms with van der Waals surface area (Å²) in [6, 6.07) is 5.92. The molecule has 2 nitrogen and oxygen atoms in total. The molecule has 3 aliphatic rings. The van der Waals surface area contributed by atoms with E-state index in [4.69, 9.17) is 4.74 Å². The van der Waals surface area contributed by atoms with Crippen LogP contribution < -0.4 is 10.1 Å². The quantitative estimate of drug-likeness (QED) is 0.842. The van der Waals surface area contributed by atoms with Gasteiger partial charge in [-0.25, -0.2) is 0 Å². The topological polar surface area (TPSA) is 21.3 Å². The summed E-state index contributed by atoms with van der Waals surface area (Å²) in [6.07, 6.45) is 7.89. The number of benzene rings is 1. The van der Waals surface area contributed by atoms with Crippen LogP contribution in [0.15, 0.2) is 12.1 Å². The summed E-state index contributed by atoms with van der Waals surface area (Å²) < 4.78 is 5.84. The molecule has 0 aromatic heterocycles. The highest BCUT2D eigenvalue weighted by Gasteiger charge is 2.31. The maximum Gasteiger partial charge on any atom is 0.124 e. The molecule has 1 atom stereocenters. The van der Waals surface area contributed by atoms with Crippen LogP contribution in [0.1, 0.15) is 48.4 Å². The largest absolute Gasteiger partial charge is 0.491 e. The van der Waals surface area contributed by atoms with Crippen LogP contribution in [0.2, 0.25) is 0 Å². The van der Waals surface area contributed by atoms with E-state index >= 15 is 0 Å². The molecule has 2 aliphatic carbocycles. The van der Waals surface area contributed by atoms with E-state index in [1.165, 1.54) is 49.7 Å². The molecule has 1 aromatic rings. The zero-order valence-electron chi connectivity index (χ0n) is 10.2. The Labute approximate surface area is 102 Å². The van der Waals surface area contributed by atoms with E-state index in [1.807, 2.05) is 0 Å². The lowest BCUT2D eigenvalue weighted by Gasteiger charge is -2.18. The Morgan fingerprint density at radius 1 is 1.06 bits per heavy atom. The van der Waals surface area contributed by atoms with Crippen LogP contribution in [0.3, 0.4) is 0 Å². The van der Waals surface area contributed by atoms with E-state index in [0.717, 1.165) is 18.4 Å². The third-order valence-corrected chi connectivity index (χ3v) is 4.27. The molecule has 0 spiro atoms. The Hall–Kier alpha value is -1.02. The predicted molar refractivity (Wildman–Crippen MR) is 67.5 cm³/mol. The summed E-state index contributed by atoms with van der Waals surface area (Å²) in [7, 11) is 0. The number of rotatable bonds is 2. The van der Waals surface area contributed by atoms with E-state index in [0.29, 0.717) is 6.04 Å². The molecule has 90 valence electrons. The van der Waals surface area contributed by atoms with Crippen molar-refractivity contribution in [2.45, 2.75) is 50.6 Å². The molecule has 0 bridgehead atoms. The number of hydrogen-bond donors (Lipinski definition) is 1. The molecular weight excluding hydrogens is 210 g/mol. The van der Waals surface area contributed by atoms with Gasteiger partial charge in [-0.1, -0.05) is 6.07 Å². The zero-order valence-corrected chi connectivity index (χ0v) is 10.2. The third-order valence-electron chi connectivity index (χ3n) is 4.27. The lowest BCUT2D eigenvalue weighted by molar-refractivity contribution is 0.310. The first-order chi connectivity index (χ1) is 8.40. The van der Waals surface area contributed by atoms with Crippen LogP contribution in [0.25, 0.3) is 0 Å². The van der Waals surface area contributed by atoms with Gasteiger partial charge in [-0.3, -0.25) is 0 Å². The van der Waals surface area contributed by atoms with Crippen molar-refractivity contribution in [3.63, 3.8) is 0 Å². The molecule has 17 heavy (non-hydrogen) atoms. The van der Waals surface area contributed by atoms with Crippen molar-refractivity contribution in [2.75, 3.05) is 6.61 Å². The number of hydrogen-bond acceptors (Lipinski definition) is 2. The van der Waals surface area contributed by atoms with Crippen molar-refractivity contribution >= 4 is 0 Å². The fraction of sp³-hybridized carbons (Fsp3) is 0.600. The van der Waals surface area contributed by atoms with Gasteiger partial charge in [0.05, 0.1) is 6.04 Å². The van der Waals surface area contributed by atoms with Crippen LogP contribution in [0, 0.1) is 0 Å². The molecule has 1 N–H and O–H groups in total. The summed E-state index contributed by atoms with van der Waals surface area (Å²) in [5.74, 6) is 1.14. The van der Waals surface area contributed by atoms with E-state index in [1.54, 1.807) is 5.56 Å². The van der Waals surface area contributed by atoms with Gasteiger partial charge in [0.2, 0.25) is 0 Å². The van der Waals surface area contributed by atoms with Crippen LogP contribution in [0.5, 0.6) is 5.75 Å². The molecule has 1 aliphatic heterocycles. The van der Waals surface area contributed by atoms with E-state index in [-0.39, 0.29) is 0 Å². The summed E-state index contributed by atoms with van der Waals surface area (Å²) in [5, 5.41) is 3.69. The van der Waals surface area contributed by atoms with Crippen molar-refractivity contribution in [2.24, 2.45) is 0 Å². The van der Waals surface area contributed by atoms with Crippen molar-refractivity contribution in [3.05, 3.63) is 28.8 Å². The first kappa shape index (κ1) is 9.95. The monoisotopic (exact) mass is 229 g/mol. The van der Waals surface area contributed by atoms with Gasteiger partial charge in [0.1, 0.15) is 12.4 Å². The summed E-state index contributed by atoms with van der Waals surface area (Å²) in [5.41, 5.74) is 4.52. The van der Waals surface area contributed by atoms with Gasteiger partial charge >= 0.3 is 0 Å². The van der Waals surface area contributed by atoms with Gasteiger partial charge < -0.3 is 10.1 Å². The highest BCUT2D eigenvalue weighted by molar-refractivity contribution is 5.47. The molecule has 0 saturated heterocycles. The number of nitrogens with one attached hydrogen (secondary N) is 1. The van der Waals surface area contributed by atoms with Crippen LogP contribution in [0.4, 0.5) is 0 Å². The number of ether oxygens (including phenoxy) is 1. The Kier molecular flexibility index (Phi) is 2.19. The highest BCUT2D eigenvalue weighted by Crippen LogP contribution is 2.38. The zero-order chi connectivity index (χ0) is 11.2. The molecule has 1 aromatic carbocycles. The minimum atomic E-state index is 0.449. The maximum atomic E-state index is 5.84. The van der Waals surface area contributed by atoms with E-state index in [2.05, 4.69) is 17.4 Å². The van der Waals surface area contributed by atoms with E-state index in [9.17, 15) is 0 Å². The average Bonchev–Trinajstić information content (AvgIpc) is 3.09. The minimum absolute atomic E-state index is 0.449. The van der Waals surface area contributed by atoms with Crippen LogP contribution in [-0.2, 0) is 12.8 Å². The van der Waals surface area contributed by atoms with Crippen molar-refractivity contribution < 1.29 is 4.74 Å². The smallest absolute Gasteiger partial charge is 0.124 e. The molecular formula is C15H19NO. The lowest BCUT2D eigenvalue weighted by Crippen LogP contribution is -2.24. The fourth-order valence-corrected chi connectivity index (χ4v) is 3.11. The first-order valence-electron chi connectivity index (χ1n) is 6.95. The summed E-state index contributed by atoms with van der Waals surface area (Å²) >= 11 is 0. The second kappa shape index (κ2) is 3.74. The first-order valence-corrected chi connectivity index (χ1v) is 6.95. The second-order valence-electron chi connectivity index (χ2n) is 5.67. The summed E-state index contributed by atoms with van der Waals surface area (Å²) in [6.45, 7) is 0.828. The number of aryl methyl sites for hydroxylation is 2. The summed E-state index contributed by atoms with van der Waals surface area (Å²) in [4.78, 5) is 0. The second-order valence-corrected chi connectivity index (χ2v) is 5.67. The Morgan fingerprint density at radius 2 is 1.82 bits per heavy atom. The van der Waals surface area contributed by atoms with Crippen molar-refractivity contribution in [1.29, 1.82) is 0 Å². The molecule has 1 saturated carbocycles. The van der Waals surface area contributed by atoms with Gasteiger partial charge in [-0.2, -0.15) is 0 Å². The van der Waals surface area contributed by atoms with Crippen molar-refractivity contribution in [3.8, 4) is 5.75 Å². The van der Waals surface area contributed by atoms with Gasteiger partial charge in [0, 0.05) is 11.6 Å². The van der Waals surface area contributed by atoms with Crippen molar-refractivity contribution in [1.82, 2.24) is 5.32 Å². The van der Waals surface area contributed by atoms with Crippen LogP contribution >= 0.6 is 0 Å². The van der Waals surface area contributed by atoms with Gasteiger partial charge in [-0.15, -0.1) is 0 Å². The normalized spacial score (nSPS) is 26.2. The standard InChI is InChI=1S/C15H19NO/c1-2-4-11-8-15-13(7-10(11)3-1)14(9-17-15)16-12-5-6-12/h7-8,12,14,16H,1-6,9H2. The fourth-order valence-electron chi connectivity index (χ4n) is 3.11. The molecule has 2 heteroatoms. The van der Waals surface area contributed by atoms with Gasteiger partial charge in [0.25, 0.3) is 0 Å². The Morgan fingerprint density at radius 3 is 2.59 bits per heavy atom. The molecule has 1 fully saturated rings. The lowest BCUT2D eigenvalue weighted by atomic mass is 9.89. The average molecular weight is 229 g/mol. The molecule has 4 rings (SSSR count). The molecule has 1 heterocycles. The predicted octanol–water partition coefficient (Wildman–Crippen LogP) is 2.75. The minimum Gasteiger partial charge on any atom is -0.491 e. The molecule has 0 amide bonds. The van der Waals surface area contributed by atoms with Gasteiger partial charge in [0.15, 0.2) is 0 Å².